The van der Waals surface area contributed by atoms with Crippen molar-refractivity contribution < 1.29 is 18.7 Å². The monoisotopic (exact) mass is 234 g/mol. The minimum absolute atomic E-state index is 0.0698. The van der Waals surface area contributed by atoms with E-state index in [9.17, 15) is 13.6 Å². The van der Waals surface area contributed by atoms with Gasteiger partial charge in [-0.1, -0.05) is 18.5 Å². The van der Waals surface area contributed by atoms with Crippen LogP contribution in [0.5, 0.6) is 0 Å². The van der Waals surface area contributed by atoms with Crippen molar-refractivity contribution in [1.29, 1.82) is 0 Å². The van der Waals surface area contributed by atoms with Crippen LogP contribution in [0.1, 0.15) is 12.5 Å². The van der Waals surface area contributed by atoms with Crippen LogP contribution in [0.25, 0.3) is 0 Å². The molecule has 1 unspecified atom stereocenters. The summed E-state index contributed by atoms with van der Waals surface area (Å²) >= 11 is 5.28. The van der Waals surface area contributed by atoms with Crippen LogP contribution in [0.2, 0.25) is 5.02 Å². The van der Waals surface area contributed by atoms with Gasteiger partial charge < -0.3 is 5.11 Å². The number of hydrogen-bond donors (Lipinski definition) is 1. The average Bonchev–Trinajstić information content (AvgIpc) is 2.13. The number of carboxylic acid groups (broad SMARTS) is 1. The molecule has 1 N–H and O–H groups in total. The molecule has 0 bridgehead atoms. The Balaban J connectivity index is 2.92. The maximum atomic E-state index is 13.0. The summed E-state index contributed by atoms with van der Waals surface area (Å²) in [5.41, 5.74) is 0.282. The van der Waals surface area contributed by atoms with E-state index in [0.29, 0.717) is 0 Å². The highest BCUT2D eigenvalue weighted by molar-refractivity contribution is 6.30. The predicted octanol–water partition coefficient (Wildman–Crippen LogP) is 2.88. The van der Waals surface area contributed by atoms with Crippen molar-refractivity contribution in [2.24, 2.45) is 5.92 Å². The largest absolute Gasteiger partial charge is 0.481 e. The zero-order valence-corrected chi connectivity index (χ0v) is 8.68. The Labute approximate surface area is 90.5 Å². The number of benzene rings is 1. The standard InChI is InChI=1S/C10H9ClF2O2/c1-5(10(14)15)2-6-3-7(12)9(11)8(13)4-6/h3-5H,2H2,1H3,(H,14,15). The van der Waals surface area contributed by atoms with Crippen molar-refractivity contribution in [2.75, 3.05) is 0 Å². The topological polar surface area (TPSA) is 37.3 Å². The normalized spacial score (nSPS) is 12.5. The molecule has 2 nitrogen and oxygen atoms in total. The van der Waals surface area contributed by atoms with Gasteiger partial charge in [0.2, 0.25) is 0 Å². The van der Waals surface area contributed by atoms with Crippen molar-refractivity contribution in [3.63, 3.8) is 0 Å². The third-order valence-corrected chi connectivity index (χ3v) is 2.37. The maximum absolute atomic E-state index is 13.0. The lowest BCUT2D eigenvalue weighted by Crippen LogP contribution is -2.12. The van der Waals surface area contributed by atoms with Crippen LogP contribution in [0.15, 0.2) is 12.1 Å². The van der Waals surface area contributed by atoms with E-state index in [1.165, 1.54) is 6.92 Å². The molecule has 5 heteroatoms. The maximum Gasteiger partial charge on any atom is 0.306 e. The summed E-state index contributed by atoms with van der Waals surface area (Å²) in [5.74, 6) is -3.44. The van der Waals surface area contributed by atoms with Gasteiger partial charge in [0.1, 0.15) is 16.7 Å². The van der Waals surface area contributed by atoms with E-state index >= 15 is 0 Å². The first-order chi connectivity index (χ1) is 6.91. The van der Waals surface area contributed by atoms with Crippen molar-refractivity contribution in [1.82, 2.24) is 0 Å². The molecule has 0 aromatic heterocycles. The second-order valence-electron chi connectivity index (χ2n) is 3.32. The SMILES string of the molecule is CC(Cc1cc(F)c(Cl)c(F)c1)C(=O)O. The van der Waals surface area contributed by atoms with Crippen LogP contribution >= 0.6 is 11.6 Å². The number of aliphatic carboxylic acids is 1. The fourth-order valence-corrected chi connectivity index (χ4v) is 1.28. The summed E-state index contributed by atoms with van der Waals surface area (Å²) < 4.78 is 25.9. The quantitative estimate of drug-likeness (QED) is 0.817. The van der Waals surface area contributed by atoms with Crippen LogP contribution in [0, 0.1) is 17.6 Å². The van der Waals surface area contributed by atoms with Gasteiger partial charge in [-0.2, -0.15) is 0 Å². The van der Waals surface area contributed by atoms with Crippen LogP contribution in [-0.4, -0.2) is 11.1 Å². The Hall–Kier alpha value is -1.16. The number of halogens is 3. The molecule has 82 valence electrons. The van der Waals surface area contributed by atoms with Gasteiger partial charge in [0.15, 0.2) is 0 Å². The van der Waals surface area contributed by atoms with Crippen molar-refractivity contribution in [2.45, 2.75) is 13.3 Å². The summed E-state index contributed by atoms with van der Waals surface area (Å²) in [4.78, 5) is 10.5. The highest BCUT2D eigenvalue weighted by atomic mass is 35.5. The Bertz CT molecular complexity index is 370. The Morgan fingerprint density at radius 1 is 1.47 bits per heavy atom. The van der Waals surface area contributed by atoms with E-state index in [2.05, 4.69) is 0 Å². The Kier molecular flexibility index (Phi) is 3.63. The third kappa shape index (κ3) is 2.89. The van der Waals surface area contributed by atoms with Crippen molar-refractivity contribution >= 4 is 17.6 Å². The van der Waals surface area contributed by atoms with Gasteiger partial charge in [0, 0.05) is 0 Å². The first kappa shape index (κ1) is 11.9. The van der Waals surface area contributed by atoms with Crippen LogP contribution in [-0.2, 0) is 11.2 Å². The molecule has 0 aliphatic rings. The fraction of sp³-hybridized carbons (Fsp3) is 0.300. The minimum atomic E-state index is -1.01. The van der Waals surface area contributed by atoms with E-state index < -0.39 is 28.5 Å². The lowest BCUT2D eigenvalue weighted by atomic mass is 10.0. The summed E-state index contributed by atoms with van der Waals surface area (Å²) in [6.45, 7) is 1.47. The number of hydrogen-bond acceptors (Lipinski definition) is 1. The smallest absolute Gasteiger partial charge is 0.306 e. The van der Waals surface area contributed by atoms with Crippen LogP contribution in [0.4, 0.5) is 8.78 Å². The predicted molar refractivity (Wildman–Crippen MR) is 51.9 cm³/mol. The summed E-state index contributed by atoms with van der Waals surface area (Å²) in [5, 5.41) is 8.06. The lowest BCUT2D eigenvalue weighted by molar-refractivity contribution is -0.141. The zero-order chi connectivity index (χ0) is 11.6. The molecule has 0 radical (unpaired) electrons. The van der Waals surface area contributed by atoms with Gasteiger partial charge in [0.05, 0.1) is 5.92 Å². The molecule has 0 spiro atoms. The molecule has 0 amide bonds. The number of carboxylic acids is 1. The summed E-state index contributed by atoms with van der Waals surface area (Å²) in [7, 11) is 0. The Morgan fingerprint density at radius 2 is 1.93 bits per heavy atom. The molecular formula is C10H9ClF2O2. The molecule has 0 heterocycles. The second kappa shape index (κ2) is 4.57. The number of rotatable bonds is 3. The number of carbonyl (C=O) groups is 1. The van der Waals surface area contributed by atoms with E-state index in [1.54, 1.807) is 0 Å². The highest BCUT2D eigenvalue weighted by Crippen LogP contribution is 2.21. The molecule has 0 saturated heterocycles. The van der Waals surface area contributed by atoms with E-state index in [-0.39, 0.29) is 12.0 Å². The summed E-state index contributed by atoms with van der Waals surface area (Å²) in [6, 6.07) is 2.09. The molecule has 1 atom stereocenters. The molecule has 0 fully saturated rings. The highest BCUT2D eigenvalue weighted by Gasteiger charge is 2.14. The minimum Gasteiger partial charge on any atom is -0.481 e. The first-order valence-corrected chi connectivity index (χ1v) is 4.66. The molecule has 0 aliphatic carbocycles. The van der Waals surface area contributed by atoms with Gasteiger partial charge >= 0.3 is 5.97 Å². The zero-order valence-electron chi connectivity index (χ0n) is 7.93. The van der Waals surface area contributed by atoms with E-state index in [0.717, 1.165) is 12.1 Å². The first-order valence-electron chi connectivity index (χ1n) is 4.28. The molecular weight excluding hydrogens is 226 g/mol. The third-order valence-electron chi connectivity index (χ3n) is 2.01. The van der Waals surface area contributed by atoms with Gasteiger partial charge in [-0.05, 0) is 24.1 Å². The van der Waals surface area contributed by atoms with Crippen molar-refractivity contribution in [3.05, 3.63) is 34.4 Å². The fourth-order valence-electron chi connectivity index (χ4n) is 1.17. The molecule has 15 heavy (non-hydrogen) atoms. The Morgan fingerprint density at radius 3 is 2.33 bits per heavy atom. The van der Waals surface area contributed by atoms with Crippen LogP contribution in [0.3, 0.4) is 0 Å². The molecule has 0 aliphatic heterocycles. The van der Waals surface area contributed by atoms with Gasteiger partial charge in [-0.3, -0.25) is 4.79 Å². The van der Waals surface area contributed by atoms with Crippen LogP contribution < -0.4 is 0 Å². The van der Waals surface area contributed by atoms with Gasteiger partial charge in [0.25, 0.3) is 0 Å². The molecule has 0 saturated carbocycles. The average molecular weight is 235 g/mol. The lowest BCUT2D eigenvalue weighted by Gasteiger charge is -2.07. The van der Waals surface area contributed by atoms with E-state index in [1.807, 2.05) is 0 Å². The molecule has 1 rings (SSSR count). The van der Waals surface area contributed by atoms with Gasteiger partial charge in [-0.25, -0.2) is 8.78 Å². The molecule has 1 aromatic rings. The second-order valence-corrected chi connectivity index (χ2v) is 3.69. The summed E-state index contributed by atoms with van der Waals surface area (Å²) in [6.07, 6.45) is 0.0698. The van der Waals surface area contributed by atoms with Crippen molar-refractivity contribution in [3.8, 4) is 0 Å². The van der Waals surface area contributed by atoms with Gasteiger partial charge in [-0.15, -0.1) is 0 Å². The molecule has 1 aromatic carbocycles. The van der Waals surface area contributed by atoms with E-state index in [4.69, 9.17) is 16.7 Å².